The van der Waals surface area contributed by atoms with Crippen LogP contribution in [0.15, 0.2) is 112 Å². The second kappa shape index (κ2) is 17.9. The zero-order valence-electron chi connectivity index (χ0n) is 27.8. The van der Waals surface area contributed by atoms with Gasteiger partial charge in [-0.25, -0.2) is 17.6 Å². The predicted octanol–water partition coefficient (Wildman–Crippen LogP) is 12.3. The second-order valence-electron chi connectivity index (χ2n) is 12.8. The number of aliphatic imine (C=N–C) groups is 1. The minimum Gasteiger partial charge on any atom is -0.477 e. The predicted molar refractivity (Wildman–Crippen MR) is 175 cm³/mol. The minimum absolute atomic E-state index is 0.0442. The third kappa shape index (κ3) is 11.7. The van der Waals surface area contributed by atoms with Crippen molar-refractivity contribution >= 4 is 6.21 Å². The van der Waals surface area contributed by atoms with E-state index in [0.717, 1.165) is 31.8 Å². The summed E-state index contributed by atoms with van der Waals surface area (Å²) in [7, 11) is 0. The van der Waals surface area contributed by atoms with Gasteiger partial charge in [-0.2, -0.15) is 4.39 Å². The van der Waals surface area contributed by atoms with Crippen molar-refractivity contribution in [3.05, 3.63) is 107 Å². The zero-order valence-corrected chi connectivity index (χ0v) is 27.8. The summed E-state index contributed by atoms with van der Waals surface area (Å²) in [6.45, 7) is 21.0. The number of rotatable bonds is 14. The van der Waals surface area contributed by atoms with Gasteiger partial charge in [-0.1, -0.05) is 90.3 Å². The van der Waals surface area contributed by atoms with Gasteiger partial charge in [0.2, 0.25) is 5.83 Å². The van der Waals surface area contributed by atoms with Gasteiger partial charge < -0.3 is 4.74 Å². The fourth-order valence-electron chi connectivity index (χ4n) is 4.29. The first-order valence-electron chi connectivity index (χ1n) is 15.1. The molecule has 2 atom stereocenters. The Kier molecular flexibility index (Phi) is 15.8. The van der Waals surface area contributed by atoms with Gasteiger partial charge in [0.25, 0.3) is 0 Å². The first-order valence-corrected chi connectivity index (χ1v) is 15.1. The van der Waals surface area contributed by atoms with Crippen LogP contribution >= 0.6 is 0 Å². The maximum atomic E-state index is 14.7. The Morgan fingerprint density at radius 2 is 1.75 bits per heavy atom. The van der Waals surface area contributed by atoms with Crippen LogP contribution in [0, 0.1) is 16.7 Å². The highest BCUT2D eigenvalue weighted by atomic mass is 19.2. The second-order valence-corrected chi connectivity index (χ2v) is 12.8. The normalized spacial score (nSPS) is 21.0. The van der Waals surface area contributed by atoms with Crippen molar-refractivity contribution in [2.45, 2.75) is 94.1 Å². The number of alkyl halides is 1. The summed E-state index contributed by atoms with van der Waals surface area (Å²) < 4.78 is 74.8. The summed E-state index contributed by atoms with van der Waals surface area (Å²) in [5.41, 5.74) is 3.13. The van der Waals surface area contributed by atoms with Crippen molar-refractivity contribution in [3.8, 4) is 0 Å². The molecule has 0 aromatic heterocycles. The zero-order chi connectivity index (χ0) is 33.7. The number of hydrogen-bond donors (Lipinski definition) is 0. The van der Waals surface area contributed by atoms with Crippen LogP contribution in [0.2, 0.25) is 0 Å². The maximum absolute atomic E-state index is 14.7. The molecule has 2 nitrogen and oxygen atoms in total. The van der Waals surface area contributed by atoms with E-state index in [0.29, 0.717) is 12.1 Å². The van der Waals surface area contributed by atoms with Crippen molar-refractivity contribution < 1.29 is 26.7 Å². The van der Waals surface area contributed by atoms with E-state index in [9.17, 15) is 22.0 Å². The number of allylic oxidation sites excluding steroid dienone is 12. The van der Waals surface area contributed by atoms with E-state index in [1.807, 2.05) is 12.2 Å². The van der Waals surface area contributed by atoms with E-state index in [1.54, 1.807) is 18.4 Å². The van der Waals surface area contributed by atoms with Gasteiger partial charge in [-0.05, 0) is 79.2 Å². The summed E-state index contributed by atoms with van der Waals surface area (Å²) in [6.07, 6.45) is 16.1. The van der Waals surface area contributed by atoms with Gasteiger partial charge in [0.05, 0.1) is 5.70 Å². The Bertz CT molecular complexity index is 1280. The van der Waals surface area contributed by atoms with Crippen LogP contribution in [0.3, 0.4) is 0 Å². The van der Waals surface area contributed by atoms with E-state index < -0.39 is 41.6 Å². The van der Waals surface area contributed by atoms with E-state index in [2.05, 4.69) is 68.0 Å². The molecule has 0 aliphatic heterocycles. The Balaban J connectivity index is 3.68. The molecule has 0 aromatic carbocycles. The molecule has 1 aliphatic rings. The van der Waals surface area contributed by atoms with Gasteiger partial charge >= 0.3 is 0 Å². The first kappa shape index (κ1) is 38.8. The average Bonchev–Trinajstić information content (AvgIpc) is 2.97. The van der Waals surface area contributed by atoms with Crippen LogP contribution in [0.4, 0.5) is 22.0 Å². The smallest absolute Gasteiger partial charge is 0.206 e. The highest BCUT2D eigenvalue weighted by molar-refractivity contribution is 5.85. The molecule has 44 heavy (non-hydrogen) atoms. The van der Waals surface area contributed by atoms with Gasteiger partial charge in [-0.3, -0.25) is 4.99 Å². The monoisotopic (exact) mass is 619 g/mol. The number of hydrogen-bond acceptors (Lipinski definition) is 2. The lowest BCUT2D eigenvalue weighted by molar-refractivity contribution is 0.180. The standard InChI is InChI=1S/C37H50F5NO/c1-11-13-17-29(36(6,7)8)20-28(26(4)27(5)37(9,10)12-2)24-43-30-18-15-14-16-19-31(21-30)44-32(23-39)34(41)35(42)33(40)25(3)22-38/h11,15-16,18-21,23-24,27,31H,1,12-14,17,22H2,2-10H3/b18-15-,19-16-,28-26+,29-20+,30-21?,32-23-,33-25-,35-34-,43-24+. The lowest BCUT2D eigenvalue weighted by Crippen LogP contribution is -2.22. The summed E-state index contributed by atoms with van der Waals surface area (Å²) in [5.74, 6) is -6.60. The molecule has 0 amide bonds. The quantitative estimate of drug-likeness (QED) is 0.0623. The van der Waals surface area contributed by atoms with Crippen molar-refractivity contribution in [2.24, 2.45) is 21.7 Å². The first-order chi connectivity index (χ1) is 20.5. The summed E-state index contributed by atoms with van der Waals surface area (Å²) in [6, 6.07) is 0. The van der Waals surface area contributed by atoms with Crippen molar-refractivity contribution in [2.75, 3.05) is 6.67 Å². The van der Waals surface area contributed by atoms with Crippen LogP contribution in [-0.2, 0) is 4.74 Å². The lowest BCUT2D eigenvalue weighted by atomic mass is 9.73. The van der Waals surface area contributed by atoms with Gasteiger partial charge in [0.1, 0.15) is 19.1 Å². The van der Waals surface area contributed by atoms with E-state index in [1.165, 1.54) is 23.3 Å². The molecule has 1 aliphatic carbocycles. The Morgan fingerprint density at radius 3 is 2.30 bits per heavy atom. The fraction of sp³-hybridized carbons (Fsp3) is 0.486. The van der Waals surface area contributed by atoms with E-state index in [-0.39, 0.29) is 23.1 Å². The Morgan fingerprint density at radius 1 is 1.09 bits per heavy atom. The highest BCUT2D eigenvalue weighted by Crippen LogP contribution is 2.38. The minimum atomic E-state index is -2.03. The van der Waals surface area contributed by atoms with Crippen LogP contribution in [0.25, 0.3) is 0 Å². The fourth-order valence-corrected chi connectivity index (χ4v) is 4.29. The van der Waals surface area contributed by atoms with E-state index >= 15 is 0 Å². The molecule has 0 spiro atoms. The molecule has 244 valence electrons. The maximum Gasteiger partial charge on any atom is 0.206 e. The highest BCUT2D eigenvalue weighted by Gasteiger charge is 2.27. The number of ether oxygens (including phenoxy) is 1. The molecule has 0 saturated heterocycles. The molecule has 1 rings (SSSR count). The van der Waals surface area contributed by atoms with Crippen molar-refractivity contribution in [3.63, 3.8) is 0 Å². The van der Waals surface area contributed by atoms with Crippen LogP contribution in [-0.4, -0.2) is 19.0 Å². The molecule has 0 saturated carbocycles. The third-order valence-electron chi connectivity index (χ3n) is 8.21. The van der Waals surface area contributed by atoms with Crippen molar-refractivity contribution in [1.82, 2.24) is 0 Å². The van der Waals surface area contributed by atoms with Gasteiger partial charge in [-0.15, -0.1) is 6.58 Å². The Hall–Kier alpha value is -3.22. The van der Waals surface area contributed by atoms with Gasteiger partial charge in [0.15, 0.2) is 17.4 Å². The molecule has 0 fully saturated rings. The van der Waals surface area contributed by atoms with Crippen molar-refractivity contribution in [1.29, 1.82) is 0 Å². The summed E-state index contributed by atoms with van der Waals surface area (Å²) in [5, 5.41) is 0. The third-order valence-corrected chi connectivity index (χ3v) is 8.21. The molecule has 0 bridgehead atoms. The number of nitrogens with zero attached hydrogens (tertiary/aromatic N) is 1. The molecule has 0 radical (unpaired) electrons. The van der Waals surface area contributed by atoms with Crippen LogP contribution in [0.5, 0.6) is 0 Å². The van der Waals surface area contributed by atoms with Gasteiger partial charge in [0, 0.05) is 6.21 Å². The van der Waals surface area contributed by atoms with E-state index in [4.69, 9.17) is 9.73 Å². The Labute approximate surface area is 262 Å². The molecule has 2 unspecified atom stereocenters. The summed E-state index contributed by atoms with van der Waals surface area (Å²) >= 11 is 0. The molecule has 7 heteroatoms. The number of halogens is 5. The lowest BCUT2D eigenvalue weighted by Gasteiger charge is -2.32. The van der Waals surface area contributed by atoms with Crippen LogP contribution < -0.4 is 0 Å². The molecule has 0 N–H and O–H groups in total. The summed E-state index contributed by atoms with van der Waals surface area (Å²) in [4.78, 5) is 4.75. The molecule has 0 aromatic rings. The topological polar surface area (TPSA) is 21.6 Å². The molecule has 0 heterocycles. The SMILES string of the molecule is C=CCC\C(=C/C(/C=N/C1=CC(OC(=C\F)/C(F)=C(F)\C(F)=C(/C)CF)/C=C\C/C=C\1)=C(/C)C(C)C(C)(C)CC)C(C)(C)C. The van der Waals surface area contributed by atoms with Crippen LogP contribution in [0.1, 0.15) is 88.0 Å². The molecular weight excluding hydrogens is 569 g/mol. The average molecular weight is 620 g/mol. The largest absolute Gasteiger partial charge is 0.477 e. The molecular formula is C37H50F5NO.